The lowest BCUT2D eigenvalue weighted by Crippen LogP contribution is -2.45. The molecular weight excluding hydrogens is 300 g/mol. The first kappa shape index (κ1) is 18.2. The first-order valence-electron chi connectivity index (χ1n) is 8.25. The van der Waals surface area contributed by atoms with Crippen LogP contribution in [-0.4, -0.2) is 37.7 Å². The zero-order valence-corrected chi connectivity index (χ0v) is 15.3. The molecule has 5 nitrogen and oxygen atoms in total. The van der Waals surface area contributed by atoms with E-state index in [1.807, 2.05) is 12.3 Å². The number of fused-ring (bicyclic) bond motifs is 1. The van der Waals surface area contributed by atoms with Gasteiger partial charge in [0, 0.05) is 38.8 Å². The number of methoxy groups -OCH3 is 1. The molecule has 0 spiro atoms. The molecule has 0 aliphatic heterocycles. The van der Waals surface area contributed by atoms with E-state index >= 15 is 0 Å². The molecule has 0 aliphatic rings. The van der Waals surface area contributed by atoms with Gasteiger partial charge in [-0.2, -0.15) is 0 Å². The number of aromatic nitrogens is 1. The Hall–Kier alpha value is -2.14. The number of ether oxygens (including phenoxy) is 1. The van der Waals surface area contributed by atoms with Crippen LogP contribution in [0.4, 0.5) is 0 Å². The fourth-order valence-corrected chi connectivity index (χ4v) is 2.64. The number of benzene rings is 1. The molecule has 0 radical (unpaired) electrons. The highest BCUT2D eigenvalue weighted by atomic mass is 16.5. The van der Waals surface area contributed by atoms with E-state index in [4.69, 9.17) is 4.74 Å². The molecule has 5 heteroatoms. The largest absolute Gasteiger partial charge is 0.379 e. The number of rotatable bonds is 5. The lowest BCUT2D eigenvalue weighted by Gasteiger charge is -2.30. The van der Waals surface area contributed by atoms with Gasteiger partial charge in [0.25, 0.3) is 0 Å². The molecule has 2 N–H and O–H groups in total. The quantitative estimate of drug-likeness (QED) is 0.654. The van der Waals surface area contributed by atoms with Crippen LogP contribution in [0, 0.1) is 5.41 Å². The molecule has 24 heavy (non-hydrogen) atoms. The average molecular weight is 328 g/mol. The van der Waals surface area contributed by atoms with Crippen LogP contribution in [0.15, 0.2) is 41.5 Å². The van der Waals surface area contributed by atoms with E-state index in [0.29, 0.717) is 13.1 Å². The zero-order valence-electron chi connectivity index (χ0n) is 15.3. The van der Waals surface area contributed by atoms with Crippen LogP contribution >= 0.6 is 0 Å². The van der Waals surface area contributed by atoms with Gasteiger partial charge in [0.15, 0.2) is 5.96 Å². The Labute approximate surface area is 144 Å². The van der Waals surface area contributed by atoms with Crippen molar-refractivity contribution in [2.24, 2.45) is 10.4 Å². The molecule has 1 aromatic carbocycles. The van der Waals surface area contributed by atoms with Crippen LogP contribution in [-0.2, 0) is 11.3 Å². The monoisotopic (exact) mass is 328 g/mol. The topological polar surface area (TPSA) is 58.5 Å². The number of nitrogens with one attached hydrogen (secondary N) is 2. The van der Waals surface area contributed by atoms with Gasteiger partial charge in [-0.3, -0.25) is 9.98 Å². The van der Waals surface area contributed by atoms with Crippen molar-refractivity contribution < 1.29 is 4.74 Å². The third kappa shape index (κ3) is 4.68. The Morgan fingerprint density at radius 1 is 1.21 bits per heavy atom. The maximum absolute atomic E-state index is 5.57. The van der Waals surface area contributed by atoms with Gasteiger partial charge in [0.1, 0.15) is 0 Å². The smallest absolute Gasteiger partial charge is 0.191 e. The highest BCUT2D eigenvalue weighted by Crippen LogP contribution is 2.21. The van der Waals surface area contributed by atoms with Crippen molar-refractivity contribution in [2.75, 3.05) is 20.7 Å². The molecule has 2 rings (SSSR count). The van der Waals surface area contributed by atoms with Crippen molar-refractivity contribution in [3.63, 3.8) is 0 Å². The first-order chi connectivity index (χ1) is 11.5. The van der Waals surface area contributed by atoms with Crippen LogP contribution in [0.2, 0.25) is 0 Å². The molecule has 1 atom stereocenters. The molecule has 0 fully saturated rings. The predicted octanol–water partition coefficient (Wildman–Crippen LogP) is 2.96. The van der Waals surface area contributed by atoms with E-state index in [1.54, 1.807) is 14.2 Å². The van der Waals surface area contributed by atoms with Gasteiger partial charge in [0.05, 0.1) is 11.6 Å². The Bertz CT molecular complexity index is 686. The second-order valence-corrected chi connectivity index (χ2v) is 6.89. The number of hydrogen-bond acceptors (Lipinski definition) is 3. The number of pyridine rings is 1. The van der Waals surface area contributed by atoms with Crippen LogP contribution in [0.5, 0.6) is 0 Å². The van der Waals surface area contributed by atoms with E-state index in [2.05, 4.69) is 65.6 Å². The number of guanidine groups is 1. The summed E-state index contributed by atoms with van der Waals surface area (Å²) in [6.45, 7) is 7.87. The minimum Gasteiger partial charge on any atom is -0.379 e. The Kier molecular flexibility index (Phi) is 6.15. The molecule has 2 aromatic rings. The zero-order chi connectivity index (χ0) is 17.6. The molecule has 1 heterocycles. The van der Waals surface area contributed by atoms with Crippen molar-refractivity contribution in [1.29, 1.82) is 0 Å². The summed E-state index contributed by atoms with van der Waals surface area (Å²) >= 11 is 0. The summed E-state index contributed by atoms with van der Waals surface area (Å²) in [4.78, 5) is 8.77. The van der Waals surface area contributed by atoms with Crippen molar-refractivity contribution in [3.8, 4) is 0 Å². The summed E-state index contributed by atoms with van der Waals surface area (Å²) in [5, 5.41) is 7.84. The molecule has 130 valence electrons. The molecule has 0 aliphatic carbocycles. The second-order valence-electron chi connectivity index (χ2n) is 6.89. The highest BCUT2D eigenvalue weighted by Gasteiger charge is 2.24. The van der Waals surface area contributed by atoms with E-state index in [-0.39, 0.29) is 11.5 Å². The van der Waals surface area contributed by atoms with Crippen LogP contribution in [0.3, 0.4) is 0 Å². The van der Waals surface area contributed by atoms with Crippen molar-refractivity contribution in [1.82, 2.24) is 15.6 Å². The summed E-state index contributed by atoms with van der Waals surface area (Å²) in [7, 11) is 3.52. The van der Waals surface area contributed by atoms with E-state index in [9.17, 15) is 0 Å². The Morgan fingerprint density at radius 2 is 1.96 bits per heavy atom. The normalized spacial score (nSPS) is 13.8. The summed E-state index contributed by atoms with van der Waals surface area (Å²) in [5.41, 5.74) is 2.24. The summed E-state index contributed by atoms with van der Waals surface area (Å²) in [5.74, 6) is 0.759. The lowest BCUT2D eigenvalue weighted by atomic mass is 9.89. The number of aliphatic imine (C=N–C) groups is 1. The SMILES string of the molecule is CN=C(NCc1cccc2cccnc12)NCC(OC)C(C)(C)C. The highest BCUT2D eigenvalue weighted by molar-refractivity contribution is 5.83. The molecule has 0 saturated heterocycles. The van der Waals surface area contributed by atoms with Gasteiger partial charge in [0.2, 0.25) is 0 Å². The van der Waals surface area contributed by atoms with Crippen molar-refractivity contribution in [2.45, 2.75) is 33.4 Å². The number of nitrogens with zero attached hydrogens (tertiary/aromatic N) is 2. The first-order valence-corrected chi connectivity index (χ1v) is 8.25. The van der Waals surface area contributed by atoms with Crippen LogP contribution in [0.1, 0.15) is 26.3 Å². The van der Waals surface area contributed by atoms with Gasteiger partial charge in [-0.25, -0.2) is 0 Å². The van der Waals surface area contributed by atoms with E-state index in [0.717, 1.165) is 22.4 Å². The Morgan fingerprint density at radius 3 is 2.62 bits per heavy atom. The average Bonchev–Trinajstić information content (AvgIpc) is 2.57. The predicted molar refractivity (Wildman–Crippen MR) is 100 cm³/mol. The molecule has 1 unspecified atom stereocenters. The Balaban J connectivity index is 1.99. The van der Waals surface area contributed by atoms with E-state index < -0.39 is 0 Å². The summed E-state index contributed by atoms with van der Waals surface area (Å²) < 4.78 is 5.57. The molecule has 1 aromatic heterocycles. The second kappa shape index (κ2) is 8.11. The van der Waals surface area contributed by atoms with Crippen LogP contribution < -0.4 is 10.6 Å². The van der Waals surface area contributed by atoms with Gasteiger partial charge in [-0.05, 0) is 17.0 Å². The fourth-order valence-electron chi connectivity index (χ4n) is 2.64. The fraction of sp³-hybridized carbons (Fsp3) is 0.474. The van der Waals surface area contributed by atoms with E-state index in [1.165, 1.54) is 0 Å². The van der Waals surface area contributed by atoms with Crippen molar-refractivity contribution in [3.05, 3.63) is 42.1 Å². The third-order valence-electron chi connectivity index (χ3n) is 4.09. The van der Waals surface area contributed by atoms with Gasteiger partial charge in [-0.1, -0.05) is 45.0 Å². The van der Waals surface area contributed by atoms with Gasteiger partial charge < -0.3 is 15.4 Å². The minimum absolute atomic E-state index is 0.0696. The lowest BCUT2D eigenvalue weighted by molar-refractivity contribution is 0.0205. The maximum atomic E-state index is 5.57. The molecule has 0 saturated carbocycles. The molecule has 0 amide bonds. The molecule has 0 bridgehead atoms. The molecular formula is C19H28N4O. The number of para-hydroxylation sites is 1. The van der Waals surface area contributed by atoms with Crippen LogP contribution in [0.25, 0.3) is 10.9 Å². The van der Waals surface area contributed by atoms with Crippen molar-refractivity contribution >= 4 is 16.9 Å². The summed E-state index contributed by atoms with van der Waals surface area (Å²) in [6, 6.07) is 10.2. The minimum atomic E-state index is 0.0696. The van der Waals surface area contributed by atoms with Gasteiger partial charge >= 0.3 is 0 Å². The third-order valence-corrected chi connectivity index (χ3v) is 4.09. The summed E-state index contributed by atoms with van der Waals surface area (Å²) in [6.07, 6.45) is 1.93. The maximum Gasteiger partial charge on any atom is 0.191 e. The number of hydrogen-bond donors (Lipinski definition) is 2. The van der Waals surface area contributed by atoms with Gasteiger partial charge in [-0.15, -0.1) is 0 Å². The standard InChI is InChI=1S/C19H28N4O/c1-19(2,3)16(24-5)13-23-18(20-4)22-12-15-9-6-8-14-10-7-11-21-17(14)15/h6-11,16H,12-13H2,1-5H3,(H2,20,22,23).